The van der Waals surface area contributed by atoms with Gasteiger partial charge in [-0.05, 0) is 96.3 Å². The summed E-state index contributed by atoms with van der Waals surface area (Å²) in [6.07, 6.45) is 0. The molecular formula is C33H45ClO4Si2. The van der Waals surface area contributed by atoms with E-state index in [9.17, 15) is 4.79 Å². The van der Waals surface area contributed by atoms with Crippen LogP contribution < -0.4 is 13.6 Å². The van der Waals surface area contributed by atoms with Crippen molar-refractivity contribution in [2.24, 2.45) is 0 Å². The minimum absolute atomic E-state index is 0.114. The SMILES string of the molecule is CC(c1ccc(OC(=O)Cl)cc1)(c1ccc(O[Si](C)(C)C(C)(C)C)cc1)c1ccc(O[Si](C)(C)C(C)(C)C)cc1. The lowest BCUT2D eigenvalue weighted by atomic mass is 9.71. The van der Waals surface area contributed by atoms with E-state index in [0.29, 0.717) is 5.75 Å². The van der Waals surface area contributed by atoms with Gasteiger partial charge in [-0.25, -0.2) is 4.79 Å². The fourth-order valence-electron chi connectivity index (χ4n) is 4.06. The van der Waals surface area contributed by atoms with Crippen molar-refractivity contribution in [3.63, 3.8) is 0 Å². The van der Waals surface area contributed by atoms with E-state index in [2.05, 4.69) is 123 Å². The van der Waals surface area contributed by atoms with Gasteiger partial charge in [0.15, 0.2) is 0 Å². The molecule has 0 spiro atoms. The highest BCUT2D eigenvalue weighted by Gasteiger charge is 2.40. The standard InChI is InChI=1S/C33H45ClO4Si2/c1-31(2,3)39(8,9)37-28-20-14-25(15-21-28)33(7,24-12-18-27(19-13-24)36-30(34)35)26-16-22-29(23-17-26)38-40(10,11)32(4,5)6/h12-23H,1-11H3. The highest BCUT2D eigenvalue weighted by Crippen LogP contribution is 2.43. The minimum atomic E-state index is -1.96. The summed E-state index contributed by atoms with van der Waals surface area (Å²) in [6, 6.07) is 24.4. The molecule has 0 fully saturated rings. The van der Waals surface area contributed by atoms with Crippen molar-refractivity contribution in [3.8, 4) is 17.2 Å². The fraction of sp³-hybridized carbons (Fsp3) is 0.424. The summed E-state index contributed by atoms with van der Waals surface area (Å²) in [5, 5.41) is 0.227. The second kappa shape index (κ2) is 11.4. The molecule has 216 valence electrons. The minimum Gasteiger partial charge on any atom is -0.544 e. The Hall–Kier alpha value is -2.55. The van der Waals surface area contributed by atoms with E-state index in [1.54, 1.807) is 12.1 Å². The molecule has 0 aliphatic rings. The van der Waals surface area contributed by atoms with Crippen molar-refractivity contribution < 1.29 is 18.4 Å². The summed E-state index contributed by atoms with van der Waals surface area (Å²) in [7, 11) is -3.92. The van der Waals surface area contributed by atoms with E-state index in [0.717, 1.165) is 28.2 Å². The summed E-state index contributed by atoms with van der Waals surface area (Å²) in [5.41, 5.74) is 1.95. The van der Waals surface area contributed by atoms with E-state index in [1.165, 1.54) is 0 Å². The topological polar surface area (TPSA) is 44.8 Å². The average Bonchev–Trinajstić information content (AvgIpc) is 2.83. The van der Waals surface area contributed by atoms with Crippen molar-refractivity contribution in [3.05, 3.63) is 89.5 Å². The van der Waals surface area contributed by atoms with E-state index in [4.69, 9.17) is 25.2 Å². The van der Waals surface area contributed by atoms with Gasteiger partial charge in [-0.2, -0.15) is 0 Å². The second-order valence-corrected chi connectivity index (χ2v) is 23.5. The molecule has 0 bridgehead atoms. The second-order valence-electron chi connectivity index (χ2n) is 13.8. The smallest absolute Gasteiger partial charge is 0.409 e. The van der Waals surface area contributed by atoms with E-state index in [1.807, 2.05) is 12.1 Å². The molecule has 0 amide bonds. The molecule has 0 atom stereocenters. The van der Waals surface area contributed by atoms with Gasteiger partial charge in [0.25, 0.3) is 0 Å². The van der Waals surface area contributed by atoms with E-state index < -0.39 is 27.5 Å². The number of benzene rings is 3. The van der Waals surface area contributed by atoms with Gasteiger partial charge < -0.3 is 13.6 Å². The van der Waals surface area contributed by atoms with Crippen LogP contribution in [0.25, 0.3) is 0 Å². The van der Waals surface area contributed by atoms with Gasteiger partial charge in [0, 0.05) is 17.0 Å². The maximum absolute atomic E-state index is 11.2. The summed E-state index contributed by atoms with van der Waals surface area (Å²) in [4.78, 5) is 11.2. The first-order valence-electron chi connectivity index (χ1n) is 13.8. The highest BCUT2D eigenvalue weighted by atomic mass is 35.5. The molecule has 0 saturated heterocycles. The molecule has 4 nitrogen and oxygen atoms in total. The number of halogens is 1. The number of carbonyl (C=O) groups is 1. The van der Waals surface area contributed by atoms with Gasteiger partial charge >= 0.3 is 5.43 Å². The molecule has 0 aromatic heterocycles. The molecule has 7 heteroatoms. The van der Waals surface area contributed by atoms with Crippen LogP contribution in [0.2, 0.25) is 36.3 Å². The average molecular weight is 597 g/mol. The fourth-order valence-corrected chi connectivity index (χ4v) is 6.21. The van der Waals surface area contributed by atoms with E-state index in [-0.39, 0.29) is 10.1 Å². The lowest BCUT2D eigenvalue weighted by molar-refractivity contribution is 0.225. The molecule has 0 aliphatic carbocycles. The lowest BCUT2D eigenvalue weighted by Crippen LogP contribution is -2.43. The van der Waals surface area contributed by atoms with Crippen molar-refractivity contribution in [2.75, 3.05) is 0 Å². The van der Waals surface area contributed by atoms with Crippen LogP contribution in [-0.2, 0) is 5.41 Å². The summed E-state index contributed by atoms with van der Waals surface area (Å²) in [5.74, 6) is 2.18. The largest absolute Gasteiger partial charge is 0.544 e. The third-order valence-corrected chi connectivity index (χ3v) is 17.6. The summed E-state index contributed by atoms with van der Waals surface area (Å²) < 4.78 is 18.2. The Labute approximate surface area is 248 Å². The molecule has 0 unspecified atom stereocenters. The number of hydrogen-bond donors (Lipinski definition) is 0. The molecule has 0 radical (unpaired) electrons. The van der Waals surface area contributed by atoms with Crippen LogP contribution >= 0.6 is 11.6 Å². The zero-order valence-electron chi connectivity index (χ0n) is 25.9. The van der Waals surface area contributed by atoms with Crippen LogP contribution in [0, 0.1) is 0 Å². The van der Waals surface area contributed by atoms with Crippen LogP contribution in [0.1, 0.15) is 65.2 Å². The Morgan fingerprint density at radius 1 is 0.550 bits per heavy atom. The van der Waals surface area contributed by atoms with Crippen molar-refractivity contribution >= 4 is 33.7 Å². The number of carbonyl (C=O) groups excluding carboxylic acids is 1. The Bertz CT molecular complexity index is 1230. The van der Waals surface area contributed by atoms with Gasteiger partial charge in [-0.1, -0.05) is 77.9 Å². The third kappa shape index (κ3) is 7.02. The Morgan fingerprint density at radius 3 is 1.07 bits per heavy atom. The monoisotopic (exact) mass is 596 g/mol. The van der Waals surface area contributed by atoms with Gasteiger partial charge in [0.1, 0.15) is 17.2 Å². The number of ether oxygens (including phenoxy) is 1. The van der Waals surface area contributed by atoms with E-state index >= 15 is 0 Å². The maximum atomic E-state index is 11.2. The molecule has 0 N–H and O–H groups in total. The van der Waals surface area contributed by atoms with Gasteiger partial charge in [-0.3, -0.25) is 0 Å². The zero-order chi connectivity index (χ0) is 30.1. The van der Waals surface area contributed by atoms with Crippen molar-refractivity contribution in [1.29, 1.82) is 0 Å². The first kappa shape index (κ1) is 32.0. The van der Waals surface area contributed by atoms with Crippen LogP contribution in [0.15, 0.2) is 72.8 Å². The molecular weight excluding hydrogens is 552 g/mol. The van der Waals surface area contributed by atoms with Crippen molar-refractivity contribution in [2.45, 2.75) is 90.1 Å². The molecule has 0 heterocycles. The first-order valence-corrected chi connectivity index (χ1v) is 20.0. The lowest BCUT2D eigenvalue weighted by Gasteiger charge is -2.37. The van der Waals surface area contributed by atoms with Gasteiger partial charge in [-0.15, -0.1) is 0 Å². The Balaban J connectivity index is 2.04. The molecule has 3 rings (SSSR count). The predicted molar refractivity (Wildman–Crippen MR) is 172 cm³/mol. The molecule has 3 aromatic carbocycles. The first-order chi connectivity index (χ1) is 18.3. The zero-order valence-corrected chi connectivity index (χ0v) is 28.7. The maximum Gasteiger partial charge on any atom is 0.409 e. The Morgan fingerprint density at radius 2 is 0.825 bits per heavy atom. The highest BCUT2D eigenvalue weighted by molar-refractivity contribution is 6.75. The van der Waals surface area contributed by atoms with Crippen LogP contribution in [0.5, 0.6) is 17.2 Å². The van der Waals surface area contributed by atoms with Crippen LogP contribution in [0.4, 0.5) is 4.79 Å². The molecule has 40 heavy (non-hydrogen) atoms. The van der Waals surface area contributed by atoms with Gasteiger partial charge in [0.05, 0.1) is 0 Å². The predicted octanol–water partition coefficient (Wildman–Crippen LogP) is 10.5. The number of hydrogen-bond acceptors (Lipinski definition) is 4. The Kier molecular flexibility index (Phi) is 9.10. The van der Waals surface area contributed by atoms with Crippen LogP contribution in [-0.4, -0.2) is 22.1 Å². The van der Waals surface area contributed by atoms with Crippen molar-refractivity contribution in [1.82, 2.24) is 0 Å². The summed E-state index contributed by atoms with van der Waals surface area (Å²) in [6.45, 7) is 24.7. The normalized spacial score (nSPS) is 13.1. The third-order valence-electron chi connectivity index (χ3n) is 8.85. The molecule has 0 saturated carbocycles. The molecule has 3 aromatic rings. The van der Waals surface area contributed by atoms with Crippen LogP contribution in [0.3, 0.4) is 0 Å². The molecule has 0 aliphatic heterocycles. The number of rotatable bonds is 8. The summed E-state index contributed by atoms with van der Waals surface area (Å²) >= 11 is 5.43. The van der Waals surface area contributed by atoms with Gasteiger partial charge in [0.2, 0.25) is 16.6 Å². The quantitative estimate of drug-likeness (QED) is 0.147.